The second kappa shape index (κ2) is 16.6. The molecule has 1 heterocycles. The molecule has 1 saturated heterocycles. The summed E-state index contributed by atoms with van der Waals surface area (Å²) in [6.07, 6.45) is 9.24. The van der Waals surface area contributed by atoms with E-state index < -0.39 is 11.7 Å². The zero-order chi connectivity index (χ0) is 33.2. The Labute approximate surface area is 285 Å². The van der Waals surface area contributed by atoms with Gasteiger partial charge >= 0.3 is 6.09 Å². The number of nitrogens with zero attached hydrogens (tertiary/aromatic N) is 1. The zero-order valence-corrected chi connectivity index (χ0v) is 28.7. The maximum Gasteiger partial charge on any atom is 0.406 e. The summed E-state index contributed by atoms with van der Waals surface area (Å²) < 4.78 is 4.75. The normalized spacial score (nSPS) is 18.4. The summed E-state index contributed by atoms with van der Waals surface area (Å²) in [7, 11) is 1.34. The number of hydrogen-bond donors (Lipinski definition) is 3. The molecule has 2 unspecified atom stereocenters. The van der Waals surface area contributed by atoms with Crippen LogP contribution in [-0.2, 0) is 23.3 Å². The number of nitrogens with one attached hydrogen (secondary N) is 2. The van der Waals surface area contributed by atoms with Crippen molar-refractivity contribution >= 4 is 23.6 Å². The lowest BCUT2D eigenvalue weighted by molar-refractivity contribution is -0.0563. The van der Waals surface area contributed by atoms with E-state index in [0.717, 1.165) is 42.5 Å². The number of aliphatic hydroxyl groups is 1. The Morgan fingerprint density at radius 2 is 1.74 bits per heavy atom. The molecule has 0 aromatic heterocycles. The van der Waals surface area contributed by atoms with Gasteiger partial charge in [0.25, 0.3) is 5.91 Å². The molecular weight excluding hydrogens is 610 g/mol. The van der Waals surface area contributed by atoms with Gasteiger partial charge in [-0.2, -0.15) is 0 Å². The molecule has 7 nitrogen and oxygen atoms in total. The van der Waals surface area contributed by atoms with Crippen LogP contribution in [-0.4, -0.2) is 54.8 Å². The number of benzene rings is 3. The highest BCUT2D eigenvalue weighted by atomic mass is 35.5. The monoisotopic (exact) mass is 659 g/mol. The van der Waals surface area contributed by atoms with E-state index in [0.29, 0.717) is 49.1 Å². The van der Waals surface area contributed by atoms with Crippen LogP contribution in [0.2, 0.25) is 5.02 Å². The Bertz CT molecular complexity index is 1490. The summed E-state index contributed by atoms with van der Waals surface area (Å²) in [5, 5.41) is 19.8. The van der Waals surface area contributed by atoms with Crippen LogP contribution in [0.5, 0.6) is 0 Å². The molecule has 252 valence electrons. The third-order valence-electron chi connectivity index (χ3n) is 10.1. The Balaban J connectivity index is 1.38. The summed E-state index contributed by atoms with van der Waals surface area (Å²) in [6.45, 7) is 4.35. The van der Waals surface area contributed by atoms with E-state index in [1.165, 1.54) is 50.3 Å². The van der Waals surface area contributed by atoms with E-state index in [2.05, 4.69) is 41.8 Å². The van der Waals surface area contributed by atoms with Crippen molar-refractivity contribution in [3.05, 3.63) is 94.0 Å². The number of aryl methyl sites for hydroxylation is 1. The lowest BCUT2D eigenvalue weighted by Gasteiger charge is -2.44. The Morgan fingerprint density at radius 3 is 2.49 bits per heavy atom. The summed E-state index contributed by atoms with van der Waals surface area (Å²) >= 11 is 6.91. The highest BCUT2D eigenvalue weighted by Crippen LogP contribution is 2.45. The molecule has 0 spiro atoms. The largest absolute Gasteiger partial charge is 0.453 e. The van der Waals surface area contributed by atoms with Crippen molar-refractivity contribution in [2.75, 3.05) is 26.7 Å². The first-order valence-corrected chi connectivity index (χ1v) is 17.7. The fourth-order valence-electron chi connectivity index (χ4n) is 7.37. The van der Waals surface area contributed by atoms with Gasteiger partial charge in [0, 0.05) is 54.3 Å². The zero-order valence-electron chi connectivity index (χ0n) is 27.9. The van der Waals surface area contributed by atoms with Gasteiger partial charge in [0.1, 0.15) is 0 Å². The fraction of sp³-hybridized carbons (Fsp3) is 0.487. The number of hydrogen-bond acceptors (Lipinski definition) is 5. The van der Waals surface area contributed by atoms with Crippen LogP contribution in [0.3, 0.4) is 0 Å². The van der Waals surface area contributed by atoms with E-state index >= 15 is 0 Å². The summed E-state index contributed by atoms with van der Waals surface area (Å²) in [5.41, 5.74) is 4.26. The average molecular weight is 660 g/mol. The molecule has 8 heteroatoms. The van der Waals surface area contributed by atoms with E-state index in [1.54, 1.807) is 0 Å². The molecular formula is C39H50ClN3O4. The number of carbonyl (C=O) groups is 2. The van der Waals surface area contributed by atoms with Crippen molar-refractivity contribution in [1.82, 2.24) is 15.5 Å². The molecule has 2 amide bonds. The van der Waals surface area contributed by atoms with Crippen LogP contribution >= 0.6 is 11.6 Å². The quantitative estimate of drug-likeness (QED) is 0.172. The van der Waals surface area contributed by atoms with Gasteiger partial charge in [-0.3, -0.25) is 4.79 Å². The average Bonchev–Trinajstić information content (AvgIpc) is 3.12. The first-order valence-electron chi connectivity index (χ1n) is 17.4. The molecule has 2 fully saturated rings. The molecule has 3 aromatic rings. The molecule has 5 rings (SSSR count). The highest BCUT2D eigenvalue weighted by molar-refractivity contribution is 6.33. The third kappa shape index (κ3) is 8.75. The van der Waals surface area contributed by atoms with Gasteiger partial charge in [0.15, 0.2) is 0 Å². The van der Waals surface area contributed by atoms with E-state index in [4.69, 9.17) is 16.3 Å². The van der Waals surface area contributed by atoms with Gasteiger partial charge in [-0.15, -0.1) is 0 Å². The summed E-state index contributed by atoms with van der Waals surface area (Å²) in [4.78, 5) is 27.5. The van der Waals surface area contributed by atoms with Crippen LogP contribution in [0, 0.1) is 5.92 Å². The number of methoxy groups -OCH3 is 1. The number of carbonyl (C=O) groups excluding carboxylic acids is 2. The molecule has 0 radical (unpaired) electrons. The third-order valence-corrected chi connectivity index (χ3v) is 10.4. The van der Waals surface area contributed by atoms with Gasteiger partial charge in [0.05, 0.1) is 12.7 Å². The fourth-order valence-corrected chi connectivity index (χ4v) is 7.66. The lowest BCUT2D eigenvalue weighted by Crippen LogP contribution is -2.48. The minimum Gasteiger partial charge on any atom is -0.453 e. The first kappa shape index (κ1) is 34.9. The van der Waals surface area contributed by atoms with Crippen molar-refractivity contribution in [2.24, 2.45) is 5.92 Å². The van der Waals surface area contributed by atoms with Crippen LogP contribution in [0.15, 0.2) is 66.7 Å². The topological polar surface area (TPSA) is 90.9 Å². The van der Waals surface area contributed by atoms with Crippen LogP contribution in [0.1, 0.15) is 91.8 Å². The van der Waals surface area contributed by atoms with Crippen molar-refractivity contribution in [2.45, 2.75) is 89.3 Å². The maximum absolute atomic E-state index is 13.9. The molecule has 2 atom stereocenters. The molecule has 3 N–H and O–H groups in total. The number of halogens is 1. The predicted molar refractivity (Wildman–Crippen MR) is 189 cm³/mol. The van der Waals surface area contributed by atoms with Crippen molar-refractivity contribution < 1.29 is 19.4 Å². The Hall–Kier alpha value is -3.39. The van der Waals surface area contributed by atoms with Crippen LogP contribution in [0.25, 0.3) is 11.1 Å². The molecule has 2 aliphatic rings. The molecule has 1 aliphatic heterocycles. The molecule has 1 aliphatic carbocycles. The number of rotatable bonds is 12. The smallest absolute Gasteiger partial charge is 0.406 e. The molecule has 1 saturated carbocycles. The summed E-state index contributed by atoms with van der Waals surface area (Å²) in [6, 6.07) is 22.6. The number of likely N-dealkylation sites (tertiary alicyclic amines) is 1. The highest BCUT2D eigenvalue weighted by Gasteiger charge is 2.43. The van der Waals surface area contributed by atoms with Gasteiger partial charge in [-0.05, 0) is 85.4 Å². The first-order chi connectivity index (χ1) is 22.8. The van der Waals surface area contributed by atoms with Gasteiger partial charge in [-0.1, -0.05) is 86.3 Å². The summed E-state index contributed by atoms with van der Waals surface area (Å²) in [5.74, 6) is -0.248. The van der Waals surface area contributed by atoms with Crippen LogP contribution < -0.4 is 10.6 Å². The van der Waals surface area contributed by atoms with Gasteiger partial charge < -0.3 is 25.4 Å². The molecule has 0 bridgehead atoms. The lowest BCUT2D eigenvalue weighted by atomic mass is 9.72. The van der Waals surface area contributed by atoms with Crippen molar-refractivity contribution in [1.29, 1.82) is 0 Å². The molecule has 3 aromatic carbocycles. The Morgan fingerprint density at radius 1 is 0.979 bits per heavy atom. The van der Waals surface area contributed by atoms with Crippen LogP contribution in [0.4, 0.5) is 4.79 Å². The van der Waals surface area contributed by atoms with E-state index in [1.807, 2.05) is 47.4 Å². The number of ether oxygens (including phenoxy) is 1. The van der Waals surface area contributed by atoms with E-state index in [9.17, 15) is 14.7 Å². The van der Waals surface area contributed by atoms with Crippen molar-refractivity contribution in [3.63, 3.8) is 0 Å². The minimum atomic E-state index is -1.30. The molecule has 47 heavy (non-hydrogen) atoms. The second-order valence-electron chi connectivity index (χ2n) is 13.2. The second-order valence-corrected chi connectivity index (χ2v) is 13.6. The van der Waals surface area contributed by atoms with Crippen molar-refractivity contribution in [3.8, 4) is 11.1 Å². The minimum absolute atomic E-state index is 0.0156. The standard InChI is InChI=1S/C39H50ClN3O4/c1-3-28-11-7-12-31(25-28)36-34(16-8-17-35(36)40)39(46,22-10-23-41-38(45)47-2)32-13-9-24-43(27-32)37(44)30-20-18-29(19-21-30)26-42-33-14-5-4-6-15-33/h7-8,11-12,16-21,25,32-33,42,46H,3-6,9-10,13-15,22-24,26-27H2,1-2H3,(H,41,45). The van der Waals surface area contributed by atoms with Gasteiger partial charge in [-0.25, -0.2) is 4.79 Å². The van der Waals surface area contributed by atoms with Gasteiger partial charge in [0.2, 0.25) is 0 Å². The SMILES string of the molecule is CCc1cccc(-c2c(Cl)cccc2C(O)(CCCNC(=O)OC)C2CCCN(C(=O)c3ccc(CNC4CCCCC4)cc3)C2)c1. The Kier molecular flexibility index (Phi) is 12.4. The number of alkyl carbamates (subject to hydrolysis) is 1. The number of piperidine rings is 1. The van der Waals surface area contributed by atoms with E-state index in [-0.39, 0.29) is 11.8 Å². The maximum atomic E-state index is 13.9. The number of amides is 2. The predicted octanol–water partition coefficient (Wildman–Crippen LogP) is 7.87.